The molecule has 0 unspecified atom stereocenters. The van der Waals surface area contributed by atoms with Crippen molar-refractivity contribution in [2.75, 3.05) is 5.32 Å². The van der Waals surface area contributed by atoms with Crippen LogP contribution in [-0.4, -0.2) is 27.7 Å². The standard InChI is InChI=1S/C24H29ClFN3O3/c1-13-8-10-24(4,11-9-13)28-23(32)21(30)20-14(2)19(15(3)29(20)5)22(31)27-16-6-7-18(26)17(25)12-16/h6-7,12-13H,8-11H2,1-5H3,(H,27,31)(H,28,32). The number of benzene rings is 1. The average Bonchev–Trinajstić information content (AvgIpc) is 2.95. The number of rotatable bonds is 5. The number of carbonyl (C=O) groups is 3. The Hall–Kier alpha value is -2.67. The van der Waals surface area contributed by atoms with E-state index in [1.807, 2.05) is 6.92 Å². The highest BCUT2D eigenvalue weighted by molar-refractivity contribution is 6.43. The van der Waals surface area contributed by atoms with Gasteiger partial charge in [0.1, 0.15) is 5.82 Å². The summed E-state index contributed by atoms with van der Waals surface area (Å²) in [5.74, 6) is -1.77. The maximum Gasteiger partial charge on any atom is 0.294 e. The minimum atomic E-state index is -0.670. The van der Waals surface area contributed by atoms with Gasteiger partial charge in [-0.05, 0) is 76.1 Å². The van der Waals surface area contributed by atoms with E-state index in [1.54, 1.807) is 25.5 Å². The number of halogens is 2. The Bertz CT molecular complexity index is 1080. The van der Waals surface area contributed by atoms with Crippen molar-refractivity contribution < 1.29 is 18.8 Å². The van der Waals surface area contributed by atoms with Gasteiger partial charge in [-0.25, -0.2) is 4.39 Å². The third kappa shape index (κ3) is 4.72. The van der Waals surface area contributed by atoms with Crippen LogP contribution in [0.15, 0.2) is 18.2 Å². The number of nitrogens with zero attached hydrogens (tertiary/aromatic N) is 1. The summed E-state index contributed by atoms with van der Waals surface area (Å²) in [5.41, 5.74) is 1.35. The fraction of sp³-hybridized carbons (Fsp3) is 0.458. The Morgan fingerprint density at radius 3 is 2.41 bits per heavy atom. The van der Waals surface area contributed by atoms with Crippen LogP contribution in [0.25, 0.3) is 0 Å². The molecule has 0 atom stereocenters. The van der Waals surface area contributed by atoms with E-state index in [2.05, 4.69) is 17.6 Å². The number of anilines is 1. The first-order valence-corrected chi connectivity index (χ1v) is 11.1. The molecule has 1 aliphatic rings. The first-order chi connectivity index (χ1) is 14.9. The smallest absolute Gasteiger partial charge is 0.294 e. The van der Waals surface area contributed by atoms with Gasteiger partial charge in [-0.15, -0.1) is 0 Å². The molecule has 0 aliphatic heterocycles. The normalized spacial score (nSPS) is 20.7. The van der Waals surface area contributed by atoms with Crippen LogP contribution in [0.4, 0.5) is 10.1 Å². The maximum atomic E-state index is 13.4. The summed E-state index contributed by atoms with van der Waals surface area (Å²) in [6.07, 6.45) is 3.66. The third-order valence-electron chi connectivity index (χ3n) is 6.55. The topological polar surface area (TPSA) is 80.2 Å². The van der Waals surface area contributed by atoms with Gasteiger partial charge in [0.15, 0.2) is 0 Å². The molecule has 1 aromatic carbocycles. The first-order valence-electron chi connectivity index (χ1n) is 10.7. The maximum absolute atomic E-state index is 13.4. The number of hydrogen-bond acceptors (Lipinski definition) is 3. The first kappa shape index (κ1) is 24.0. The number of carbonyl (C=O) groups excluding carboxylic acids is 3. The Morgan fingerprint density at radius 2 is 1.81 bits per heavy atom. The molecule has 0 saturated heterocycles. The summed E-state index contributed by atoms with van der Waals surface area (Å²) in [6.45, 7) is 7.51. The zero-order chi connectivity index (χ0) is 23.8. The van der Waals surface area contributed by atoms with Crippen LogP contribution >= 0.6 is 11.6 Å². The second-order valence-electron chi connectivity index (χ2n) is 9.10. The quantitative estimate of drug-likeness (QED) is 0.488. The van der Waals surface area contributed by atoms with E-state index < -0.39 is 29.0 Å². The molecule has 0 spiro atoms. The summed E-state index contributed by atoms with van der Waals surface area (Å²) in [7, 11) is 1.65. The molecule has 1 heterocycles. The zero-order valence-corrected chi connectivity index (χ0v) is 19.8. The molecule has 1 aromatic heterocycles. The lowest BCUT2D eigenvalue weighted by molar-refractivity contribution is -0.119. The number of nitrogens with one attached hydrogen (secondary N) is 2. The Kier molecular flexibility index (Phi) is 6.79. The van der Waals surface area contributed by atoms with E-state index in [0.717, 1.165) is 31.7 Å². The molecule has 2 aromatic rings. The molecule has 172 valence electrons. The number of hydrogen-bond donors (Lipinski definition) is 2. The van der Waals surface area contributed by atoms with Crippen LogP contribution in [0.3, 0.4) is 0 Å². The van der Waals surface area contributed by atoms with E-state index >= 15 is 0 Å². The number of Topliss-reactive ketones (excluding diaryl/α,β-unsaturated/α-hetero) is 1. The molecular weight excluding hydrogens is 433 g/mol. The third-order valence-corrected chi connectivity index (χ3v) is 6.84. The fourth-order valence-electron chi connectivity index (χ4n) is 4.36. The van der Waals surface area contributed by atoms with Crippen LogP contribution < -0.4 is 10.6 Å². The average molecular weight is 462 g/mol. The van der Waals surface area contributed by atoms with Gasteiger partial charge in [0, 0.05) is 24.0 Å². The molecular formula is C24H29ClFN3O3. The van der Waals surface area contributed by atoms with Crippen molar-refractivity contribution in [3.63, 3.8) is 0 Å². The summed E-state index contributed by atoms with van der Waals surface area (Å²) >= 11 is 5.79. The molecule has 8 heteroatoms. The van der Waals surface area contributed by atoms with Crippen molar-refractivity contribution in [2.24, 2.45) is 13.0 Å². The monoisotopic (exact) mass is 461 g/mol. The summed E-state index contributed by atoms with van der Waals surface area (Å²) < 4.78 is 15.0. The van der Waals surface area contributed by atoms with Crippen molar-refractivity contribution in [2.45, 2.75) is 58.9 Å². The van der Waals surface area contributed by atoms with Gasteiger partial charge >= 0.3 is 0 Å². The van der Waals surface area contributed by atoms with Gasteiger partial charge in [0.25, 0.3) is 17.6 Å². The SMILES string of the molecule is Cc1c(C(=O)Nc2ccc(F)c(Cl)c2)c(C)n(C)c1C(=O)C(=O)NC1(C)CCC(C)CC1. The second kappa shape index (κ2) is 9.06. The number of ketones is 1. The van der Waals surface area contributed by atoms with Crippen LogP contribution in [-0.2, 0) is 11.8 Å². The van der Waals surface area contributed by atoms with E-state index in [9.17, 15) is 18.8 Å². The van der Waals surface area contributed by atoms with Crippen molar-refractivity contribution in [1.29, 1.82) is 0 Å². The summed E-state index contributed by atoms with van der Waals surface area (Å²) in [4.78, 5) is 38.8. The molecule has 1 saturated carbocycles. The highest BCUT2D eigenvalue weighted by Gasteiger charge is 2.35. The molecule has 2 amide bonds. The summed E-state index contributed by atoms with van der Waals surface area (Å²) in [5, 5.41) is 5.49. The molecule has 1 aliphatic carbocycles. The summed E-state index contributed by atoms with van der Waals surface area (Å²) in [6, 6.07) is 3.88. The lowest BCUT2D eigenvalue weighted by atomic mass is 9.78. The van der Waals surface area contributed by atoms with E-state index in [-0.39, 0.29) is 10.7 Å². The predicted octanol–water partition coefficient (Wildman–Crippen LogP) is 4.95. The van der Waals surface area contributed by atoms with Crippen LogP contribution in [0.5, 0.6) is 0 Å². The van der Waals surface area contributed by atoms with Crippen molar-refractivity contribution in [3.8, 4) is 0 Å². The van der Waals surface area contributed by atoms with E-state index in [0.29, 0.717) is 28.4 Å². The molecule has 2 N–H and O–H groups in total. The Labute approximate surface area is 192 Å². The van der Waals surface area contributed by atoms with Crippen LogP contribution in [0.2, 0.25) is 5.02 Å². The van der Waals surface area contributed by atoms with Gasteiger partial charge in [0.05, 0.1) is 16.3 Å². The molecule has 32 heavy (non-hydrogen) atoms. The lowest BCUT2D eigenvalue weighted by Gasteiger charge is -2.36. The molecule has 6 nitrogen and oxygen atoms in total. The fourth-order valence-corrected chi connectivity index (χ4v) is 4.54. The van der Waals surface area contributed by atoms with Gasteiger partial charge < -0.3 is 15.2 Å². The molecule has 1 fully saturated rings. The Morgan fingerprint density at radius 1 is 1.19 bits per heavy atom. The van der Waals surface area contributed by atoms with Gasteiger partial charge in [-0.1, -0.05) is 18.5 Å². The molecule has 0 radical (unpaired) electrons. The zero-order valence-electron chi connectivity index (χ0n) is 19.1. The molecule has 0 bridgehead atoms. The number of amides is 2. The van der Waals surface area contributed by atoms with Gasteiger partial charge in [0.2, 0.25) is 0 Å². The van der Waals surface area contributed by atoms with E-state index in [4.69, 9.17) is 11.6 Å². The van der Waals surface area contributed by atoms with Crippen molar-refractivity contribution in [3.05, 3.63) is 51.6 Å². The van der Waals surface area contributed by atoms with Gasteiger partial charge in [-0.2, -0.15) is 0 Å². The predicted molar refractivity (Wildman–Crippen MR) is 123 cm³/mol. The molecule has 3 rings (SSSR count). The van der Waals surface area contributed by atoms with Crippen LogP contribution in [0.1, 0.15) is 71.6 Å². The van der Waals surface area contributed by atoms with E-state index in [1.165, 1.54) is 12.1 Å². The largest absolute Gasteiger partial charge is 0.344 e. The Balaban J connectivity index is 1.83. The van der Waals surface area contributed by atoms with Crippen molar-refractivity contribution >= 4 is 34.9 Å². The lowest BCUT2D eigenvalue weighted by Crippen LogP contribution is -2.50. The highest BCUT2D eigenvalue weighted by atomic mass is 35.5. The van der Waals surface area contributed by atoms with Gasteiger partial charge in [-0.3, -0.25) is 14.4 Å². The van der Waals surface area contributed by atoms with Crippen LogP contribution in [0, 0.1) is 25.6 Å². The minimum absolute atomic E-state index is 0.109. The second-order valence-corrected chi connectivity index (χ2v) is 9.51. The number of aromatic nitrogens is 1. The minimum Gasteiger partial charge on any atom is -0.344 e. The highest BCUT2D eigenvalue weighted by Crippen LogP contribution is 2.32. The van der Waals surface area contributed by atoms with Crippen molar-refractivity contribution in [1.82, 2.24) is 9.88 Å².